The van der Waals surface area contributed by atoms with Crippen molar-refractivity contribution in [3.63, 3.8) is 0 Å². The normalized spacial score (nSPS) is 13.1. The standard InChI is InChI=1S/C26H37N3O4S/c1-7-21(5)27-26(31)23(8-2)28(17-22-12-10-9-11-13-22)25(30)18-29(34(6,32)33)24-15-14-19(3)16-20(24)4/h9-16,21,23H,7-8,17-18H2,1-6H3,(H,27,31)/t21-,23-/m0/s1. The monoisotopic (exact) mass is 487 g/mol. The third kappa shape index (κ3) is 7.32. The molecule has 0 bridgehead atoms. The van der Waals surface area contributed by atoms with Gasteiger partial charge in [0.15, 0.2) is 0 Å². The Morgan fingerprint density at radius 2 is 1.65 bits per heavy atom. The number of sulfonamides is 1. The van der Waals surface area contributed by atoms with Crippen molar-refractivity contribution in [3.8, 4) is 0 Å². The fourth-order valence-electron chi connectivity index (χ4n) is 3.82. The van der Waals surface area contributed by atoms with Gasteiger partial charge >= 0.3 is 0 Å². The minimum atomic E-state index is -3.75. The Morgan fingerprint density at radius 3 is 2.18 bits per heavy atom. The zero-order valence-electron chi connectivity index (χ0n) is 21.0. The third-order valence-corrected chi connectivity index (χ3v) is 7.01. The summed E-state index contributed by atoms with van der Waals surface area (Å²) in [5.41, 5.74) is 3.08. The lowest BCUT2D eigenvalue weighted by molar-refractivity contribution is -0.140. The van der Waals surface area contributed by atoms with Crippen LogP contribution in [0.2, 0.25) is 0 Å². The fraction of sp³-hybridized carbons (Fsp3) is 0.462. The third-order valence-electron chi connectivity index (χ3n) is 5.88. The molecular formula is C26H37N3O4S. The van der Waals surface area contributed by atoms with Crippen molar-refractivity contribution in [1.82, 2.24) is 10.2 Å². The van der Waals surface area contributed by atoms with E-state index in [1.165, 1.54) is 4.90 Å². The lowest BCUT2D eigenvalue weighted by Crippen LogP contribution is -2.53. The number of anilines is 1. The van der Waals surface area contributed by atoms with Gasteiger partial charge in [0.1, 0.15) is 12.6 Å². The highest BCUT2D eigenvalue weighted by molar-refractivity contribution is 7.92. The highest BCUT2D eigenvalue weighted by Crippen LogP contribution is 2.24. The van der Waals surface area contributed by atoms with E-state index in [9.17, 15) is 18.0 Å². The van der Waals surface area contributed by atoms with Gasteiger partial charge in [-0.1, -0.05) is 61.9 Å². The predicted octanol–water partition coefficient (Wildman–Crippen LogP) is 3.79. The molecule has 0 radical (unpaired) electrons. The zero-order valence-corrected chi connectivity index (χ0v) is 21.9. The molecule has 2 aromatic rings. The van der Waals surface area contributed by atoms with Crippen molar-refractivity contribution in [2.24, 2.45) is 0 Å². The second-order valence-corrected chi connectivity index (χ2v) is 10.7. The molecule has 0 aliphatic carbocycles. The summed E-state index contributed by atoms with van der Waals surface area (Å²) in [5.74, 6) is -0.668. The van der Waals surface area contributed by atoms with Crippen LogP contribution in [0, 0.1) is 13.8 Å². The van der Waals surface area contributed by atoms with Gasteiger partial charge in [-0.15, -0.1) is 0 Å². The molecule has 0 fully saturated rings. The molecule has 0 heterocycles. The van der Waals surface area contributed by atoms with E-state index in [0.29, 0.717) is 12.1 Å². The number of hydrogen-bond acceptors (Lipinski definition) is 4. The summed E-state index contributed by atoms with van der Waals surface area (Å²) in [4.78, 5) is 28.2. The predicted molar refractivity (Wildman–Crippen MR) is 137 cm³/mol. The average Bonchev–Trinajstić information content (AvgIpc) is 2.77. The molecule has 186 valence electrons. The van der Waals surface area contributed by atoms with Gasteiger partial charge in [0.05, 0.1) is 11.9 Å². The molecule has 2 atom stereocenters. The van der Waals surface area contributed by atoms with Crippen LogP contribution in [0.25, 0.3) is 0 Å². The first-order valence-corrected chi connectivity index (χ1v) is 13.5. The van der Waals surface area contributed by atoms with E-state index in [2.05, 4.69) is 5.32 Å². The largest absolute Gasteiger partial charge is 0.352 e. The van der Waals surface area contributed by atoms with Crippen molar-refractivity contribution in [3.05, 3.63) is 65.2 Å². The molecule has 1 N–H and O–H groups in total. The Morgan fingerprint density at radius 1 is 1.00 bits per heavy atom. The molecule has 0 aliphatic rings. The minimum Gasteiger partial charge on any atom is -0.352 e. The van der Waals surface area contributed by atoms with Crippen molar-refractivity contribution in [1.29, 1.82) is 0 Å². The summed E-state index contributed by atoms with van der Waals surface area (Å²) in [5, 5.41) is 2.97. The topological polar surface area (TPSA) is 86.8 Å². The number of benzene rings is 2. The minimum absolute atomic E-state index is 0.0297. The van der Waals surface area contributed by atoms with Gasteiger partial charge in [-0.05, 0) is 50.8 Å². The number of aryl methyl sites for hydroxylation is 2. The van der Waals surface area contributed by atoms with Crippen molar-refractivity contribution in [2.45, 2.75) is 66.1 Å². The van der Waals surface area contributed by atoms with Crippen LogP contribution >= 0.6 is 0 Å². The lowest BCUT2D eigenvalue weighted by Gasteiger charge is -2.33. The van der Waals surface area contributed by atoms with E-state index in [1.54, 1.807) is 6.07 Å². The second-order valence-electron chi connectivity index (χ2n) is 8.81. The fourth-order valence-corrected chi connectivity index (χ4v) is 4.73. The number of carbonyl (C=O) groups is 2. The molecule has 2 aromatic carbocycles. The van der Waals surface area contributed by atoms with Gasteiger partial charge in [-0.3, -0.25) is 13.9 Å². The van der Waals surface area contributed by atoms with Gasteiger partial charge in [0, 0.05) is 12.6 Å². The molecule has 0 aliphatic heterocycles. The number of amides is 2. The molecule has 8 heteroatoms. The Balaban J connectivity index is 2.44. The molecule has 0 saturated heterocycles. The Labute approximate surface area is 204 Å². The maximum atomic E-state index is 13.7. The number of rotatable bonds is 11. The highest BCUT2D eigenvalue weighted by Gasteiger charge is 2.32. The van der Waals surface area contributed by atoms with Crippen molar-refractivity contribution >= 4 is 27.5 Å². The van der Waals surface area contributed by atoms with Gasteiger partial charge in [-0.25, -0.2) is 8.42 Å². The van der Waals surface area contributed by atoms with Gasteiger partial charge in [-0.2, -0.15) is 0 Å². The van der Waals surface area contributed by atoms with E-state index in [0.717, 1.165) is 33.7 Å². The number of carbonyl (C=O) groups excluding carboxylic acids is 2. The smallest absolute Gasteiger partial charge is 0.244 e. The van der Waals surface area contributed by atoms with E-state index >= 15 is 0 Å². The van der Waals surface area contributed by atoms with Crippen LogP contribution in [0.1, 0.15) is 50.3 Å². The van der Waals surface area contributed by atoms with Crippen LogP contribution in [-0.4, -0.2) is 50.0 Å². The first-order chi connectivity index (χ1) is 16.0. The first kappa shape index (κ1) is 27.4. The quantitative estimate of drug-likeness (QED) is 0.522. The highest BCUT2D eigenvalue weighted by atomic mass is 32.2. The number of nitrogens with zero attached hydrogens (tertiary/aromatic N) is 2. The van der Waals surface area contributed by atoms with Crippen LogP contribution in [0.3, 0.4) is 0 Å². The summed E-state index contributed by atoms with van der Waals surface area (Å²) >= 11 is 0. The van der Waals surface area contributed by atoms with Crippen molar-refractivity contribution in [2.75, 3.05) is 17.1 Å². The molecule has 2 rings (SSSR count). The summed E-state index contributed by atoms with van der Waals surface area (Å²) < 4.78 is 26.6. The van der Waals surface area contributed by atoms with Crippen molar-refractivity contribution < 1.29 is 18.0 Å². The molecule has 0 unspecified atom stereocenters. The van der Waals surface area contributed by atoms with E-state index < -0.39 is 22.0 Å². The molecular weight excluding hydrogens is 450 g/mol. The summed E-state index contributed by atoms with van der Waals surface area (Å²) in [6, 6.07) is 14.1. The van der Waals surface area contributed by atoms with Gasteiger partial charge in [0.25, 0.3) is 0 Å². The lowest BCUT2D eigenvalue weighted by atomic mass is 10.1. The second kappa shape index (κ2) is 12.0. The van der Waals surface area contributed by atoms with E-state index in [-0.39, 0.29) is 25.0 Å². The van der Waals surface area contributed by atoms with Gasteiger partial charge in [0.2, 0.25) is 21.8 Å². The van der Waals surface area contributed by atoms with E-state index in [4.69, 9.17) is 0 Å². The number of nitrogens with one attached hydrogen (secondary N) is 1. The van der Waals surface area contributed by atoms with E-state index in [1.807, 2.05) is 77.1 Å². The molecule has 2 amide bonds. The molecule has 0 saturated carbocycles. The SMILES string of the molecule is CC[C@H](C)NC(=O)[C@H](CC)N(Cc1ccccc1)C(=O)CN(c1ccc(C)cc1C)S(C)(=O)=O. The Bertz CT molecular complexity index is 1090. The molecule has 0 aromatic heterocycles. The van der Waals surface area contributed by atoms with Crippen LogP contribution in [-0.2, 0) is 26.2 Å². The Kier molecular flexibility index (Phi) is 9.67. The maximum absolute atomic E-state index is 13.7. The summed E-state index contributed by atoms with van der Waals surface area (Å²) in [7, 11) is -3.75. The van der Waals surface area contributed by atoms with Crippen LogP contribution in [0.15, 0.2) is 48.5 Å². The molecule has 34 heavy (non-hydrogen) atoms. The maximum Gasteiger partial charge on any atom is 0.244 e. The van der Waals surface area contributed by atoms with Crippen LogP contribution in [0.5, 0.6) is 0 Å². The average molecular weight is 488 g/mol. The molecule has 0 spiro atoms. The van der Waals surface area contributed by atoms with Crippen LogP contribution in [0.4, 0.5) is 5.69 Å². The summed E-state index contributed by atoms with van der Waals surface area (Å²) in [6.45, 7) is 9.31. The van der Waals surface area contributed by atoms with Gasteiger partial charge < -0.3 is 10.2 Å². The Hall–Kier alpha value is -2.87. The summed E-state index contributed by atoms with van der Waals surface area (Å²) in [6.07, 6.45) is 2.26. The molecule has 7 nitrogen and oxygen atoms in total. The zero-order chi connectivity index (χ0) is 25.5. The van der Waals surface area contributed by atoms with Crippen LogP contribution < -0.4 is 9.62 Å². The number of hydrogen-bond donors (Lipinski definition) is 1. The first-order valence-electron chi connectivity index (χ1n) is 11.7.